The first kappa shape index (κ1) is 20.4. The standard InChI is InChI=1S/C22H23N3O4/c23-12-15-4-3-6-17(10-15)22(29)24-13-18-8-9-25(14-20(18)27)21(28)11-16-5-1-2-7-19(16)26/h1-7,10,18,20,26-27H,8-9,11,13-14H2,(H,24,29)/t18-,20+/m0/s1. The number of aliphatic hydroxyl groups excluding tert-OH is 1. The molecule has 7 nitrogen and oxygen atoms in total. The summed E-state index contributed by atoms with van der Waals surface area (Å²) in [6.45, 7) is 0.961. The lowest BCUT2D eigenvalue weighted by Gasteiger charge is -2.36. The van der Waals surface area contributed by atoms with Crippen molar-refractivity contribution in [3.63, 3.8) is 0 Å². The lowest BCUT2D eigenvalue weighted by molar-refractivity contribution is -0.134. The van der Waals surface area contributed by atoms with Gasteiger partial charge in [0, 0.05) is 36.7 Å². The normalized spacial score (nSPS) is 18.7. The highest BCUT2D eigenvalue weighted by atomic mass is 16.3. The van der Waals surface area contributed by atoms with Gasteiger partial charge in [-0.1, -0.05) is 24.3 Å². The van der Waals surface area contributed by atoms with Gasteiger partial charge in [-0.05, 0) is 30.7 Å². The fraction of sp³-hybridized carbons (Fsp3) is 0.318. The second-order valence-corrected chi connectivity index (χ2v) is 7.16. The zero-order valence-electron chi connectivity index (χ0n) is 15.9. The van der Waals surface area contributed by atoms with Crippen molar-refractivity contribution in [1.82, 2.24) is 10.2 Å². The maximum absolute atomic E-state index is 12.5. The molecule has 150 valence electrons. The van der Waals surface area contributed by atoms with Crippen LogP contribution < -0.4 is 5.32 Å². The zero-order valence-corrected chi connectivity index (χ0v) is 15.9. The third kappa shape index (κ3) is 5.12. The molecular formula is C22H23N3O4. The van der Waals surface area contributed by atoms with E-state index in [1.54, 1.807) is 47.4 Å². The molecule has 1 fully saturated rings. The number of piperidine rings is 1. The average molecular weight is 393 g/mol. The summed E-state index contributed by atoms with van der Waals surface area (Å²) in [6, 6.07) is 15.1. The summed E-state index contributed by atoms with van der Waals surface area (Å²) in [6.07, 6.45) is -0.106. The van der Waals surface area contributed by atoms with Crippen LogP contribution in [0.25, 0.3) is 0 Å². The first-order valence-corrected chi connectivity index (χ1v) is 9.49. The fourth-order valence-corrected chi connectivity index (χ4v) is 3.44. The molecule has 0 unspecified atom stereocenters. The molecule has 1 saturated heterocycles. The van der Waals surface area contributed by atoms with E-state index in [9.17, 15) is 19.8 Å². The van der Waals surface area contributed by atoms with E-state index in [1.807, 2.05) is 6.07 Å². The summed E-state index contributed by atoms with van der Waals surface area (Å²) in [7, 11) is 0. The highest BCUT2D eigenvalue weighted by molar-refractivity contribution is 5.94. The summed E-state index contributed by atoms with van der Waals surface area (Å²) in [4.78, 5) is 26.4. The Morgan fingerprint density at radius 3 is 2.72 bits per heavy atom. The topological polar surface area (TPSA) is 114 Å². The van der Waals surface area contributed by atoms with Crippen LogP contribution in [-0.2, 0) is 11.2 Å². The van der Waals surface area contributed by atoms with Crippen LogP contribution >= 0.6 is 0 Å². The van der Waals surface area contributed by atoms with Crippen LogP contribution in [0.1, 0.15) is 27.9 Å². The van der Waals surface area contributed by atoms with Crippen molar-refractivity contribution in [1.29, 1.82) is 5.26 Å². The van der Waals surface area contributed by atoms with E-state index in [1.165, 1.54) is 6.07 Å². The number of nitrogens with zero attached hydrogens (tertiary/aromatic N) is 2. The van der Waals surface area contributed by atoms with Gasteiger partial charge in [0.15, 0.2) is 0 Å². The monoisotopic (exact) mass is 393 g/mol. The van der Waals surface area contributed by atoms with Crippen molar-refractivity contribution in [2.45, 2.75) is 18.9 Å². The van der Waals surface area contributed by atoms with Crippen LogP contribution in [-0.4, -0.2) is 52.7 Å². The van der Waals surface area contributed by atoms with Crippen LogP contribution in [0.5, 0.6) is 5.75 Å². The number of hydrogen-bond acceptors (Lipinski definition) is 5. The van der Waals surface area contributed by atoms with Crippen molar-refractivity contribution in [3.8, 4) is 11.8 Å². The highest BCUT2D eigenvalue weighted by Gasteiger charge is 2.30. The minimum Gasteiger partial charge on any atom is -0.508 e. The second kappa shape index (κ2) is 9.22. The number of nitriles is 1. The first-order chi connectivity index (χ1) is 14.0. The van der Waals surface area contributed by atoms with Gasteiger partial charge < -0.3 is 20.4 Å². The SMILES string of the molecule is N#Cc1cccc(C(=O)NC[C@@H]2CCN(C(=O)Cc3ccccc3O)C[C@H]2O)c1. The number of phenols is 1. The number of β-amino-alcohol motifs (C(OH)–C–C–N with tert-alkyl or cyclic N) is 1. The number of aromatic hydroxyl groups is 1. The summed E-state index contributed by atoms with van der Waals surface area (Å²) >= 11 is 0. The van der Waals surface area contributed by atoms with Crippen LogP contribution in [0.3, 0.4) is 0 Å². The molecule has 0 radical (unpaired) electrons. The summed E-state index contributed by atoms with van der Waals surface area (Å²) in [5.41, 5.74) is 1.36. The van der Waals surface area contributed by atoms with E-state index >= 15 is 0 Å². The Hall–Kier alpha value is -3.37. The molecule has 2 atom stereocenters. The van der Waals surface area contributed by atoms with Crippen LogP contribution in [0.15, 0.2) is 48.5 Å². The van der Waals surface area contributed by atoms with Crippen LogP contribution in [0, 0.1) is 17.2 Å². The Balaban J connectivity index is 1.51. The van der Waals surface area contributed by atoms with Crippen molar-refractivity contribution in [2.24, 2.45) is 5.92 Å². The van der Waals surface area contributed by atoms with Gasteiger partial charge >= 0.3 is 0 Å². The fourth-order valence-electron chi connectivity index (χ4n) is 3.44. The molecule has 0 aliphatic carbocycles. The molecule has 0 aromatic heterocycles. The van der Waals surface area contributed by atoms with E-state index in [0.29, 0.717) is 29.7 Å². The Morgan fingerprint density at radius 1 is 1.21 bits per heavy atom. The molecule has 7 heteroatoms. The van der Waals surface area contributed by atoms with Crippen molar-refractivity contribution >= 4 is 11.8 Å². The first-order valence-electron chi connectivity index (χ1n) is 9.49. The lowest BCUT2D eigenvalue weighted by atomic mass is 9.93. The van der Waals surface area contributed by atoms with Crippen molar-refractivity contribution in [2.75, 3.05) is 19.6 Å². The van der Waals surface area contributed by atoms with E-state index in [-0.39, 0.29) is 43.0 Å². The minimum atomic E-state index is -0.747. The Morgan fingerprint density at radius 2 is 2.00 bits per heavy atom. The lowest BCUT2D eigenvalue weighted by Crippen LogP contribution is -2.50. The average Bonchev–Trinajstić information content (AvgIpc) is 2.74. The number of likely N-dealkylation sites (tertiary alicyclic amines) is 1. The summed E-state index contributed by atoms with van der Waals surface area (Å²) < 4.78 is 0. The van der Waals surface area contributed by atoms with Gasteiger partial charge in [0.2, 0.25) is 5.91 Å². The second-order valence-electron chi connectivity index (χ2n) is 7.16. The van der Waals surface area contributed by atoms with Gasteiger partial charge in [-0.2, -0.15) is 5.26 Å². The molecule has 3 N–H and O–H groups in total. The molecule has 3 rings (SSSR count). The maximum atomic E-state index is 12.5. The maximum Gasteiger partial charge on any atom is 0.251 e. The number of carbonyl (C=O) groups is 2. The highest BCUT2D eigenvalue weighted by Crippen LogP contribution is 2.21. The van der Waals surface area contributed by atoms with Gasteiger partial charge in [0.25, 0.3) is 5.91 Å². The number of nitrogens with one attached hydrogen (secondary N) is 1. The minimum absolute atomic E-state index is 0.0794. The van der Waals surface area contributed by atoms with Crippen LogP contribution in [0.4, 0.5) is 0 Å². The Kier molecular flexibility index (Phi) is 6.47. The molecule has 2 aromatic rings. The summed E-state index contributed by atoms with van der Waals surface area (Å²) in [5, 5.41) is 32.0. The predicted molar refractivity (Wildman–Crippen MR) is 106 cm³/mol. The number of aliphatic hydroxyl groups is 1. The molecular weight excluding hydrogens is 370 g/mol. The molecule has 29 heavy (non-hydrogen) atoms. The van der Waals surface area contributed by atoms with E-state index in [0.717, 1.165) is 0 Å². The number of benzene rings is 2. The Bertz CT molecular complexity index is 938. The quantitative estimate of drug-likeness (QED) is 0.711. The summed E-state index contributed by atoms with van der Waals surface area (Å²) in [5.74, 6) is -0.527. The largest absolute Gasteiger partial charge is 0.508 e. The van der Waals surface area contributed by atoms with E-state index in [2.05, 4.69) is 5.32 Å². The molecule has 1 heterocycles. The number of amides is 2. The molecule has 0 bridgehead atoms. The van der Waals surface area contributed by atoms with E-state index in [4.69, 9.17) is 5.26 Å². The van der Waals surface area contributed by atoms with Gasteiger partial charge in [0.1, 0.15) is 5.75 Å². The van der Waals surface area contributed by atoms with Crippen molar-refractivity contribution < 1.29 is 19.8 Å². The van der Waals surface area contributed by atoms with Crippen LogP contribution in [0.2, 0.25) is 0 Å². The number of hydrogen-bond donors (Lipinski definition) is 3. The molecule has 1 aliphatic heterocycles. The number of rotatable bonds is 5. The Labute approximate surface area is 169 Å². The van der Waals surface area contributed by atoms with E-state index < -0.39 is 6.10 Å². The molecule has 0 saturated carbocycles. The molecule has 1 aliphatic rings. The smallest absolute Gasteiger partial charge is 0.251 e. The number of phenolic OH excluding ortho intramolecular Hbond substituents is 1. The van der Waals surface area contributed by atoms with Gasteiger partial charge in [0.05, 0.1) is 24.2 Å². The molecule has 2 aromatic carbocycles. The zero-order chi connectivity index (χ0) is 20.8. The molecule has 0 spiro atoms. The number of para-hydroxylation sites is 1. The predicted octanol–water partition coefficient (Wildman–Crippen LogP) is 1.45. The third-order valence-corrected chi connectivity index (χ3v) is 5.19. The molecule has 2 amide bonds. The van der Waals surface area contributed by atoms with Gasteiger partial charge in [-0.3, -0.25) is 9.59 Å². The van der Waals surface area contributed by atoms with Gasteiger partial charge in [-0.25, -0.2) is 0 Å². The van der Waals surface area contributed by atoms with Gasteiger partial charge in [-0.15, -0.1) is 0 Å². The number of carbonyl (C=O) groups excluding carboxylic acids is 2. The van der Waals surface area contributed by atoms with Crippen molar-refractivity contribution in [3.05, 3.63) is 65.2 Å². The third-order valence-electron chi connectivity index (χ3n) is 5.19.